The van der Waals surface area contributed by atoms with Gasteiger partial charge in [0.25, 0.3) is 11.8 Å². The van der Waals surface area contributed by atoms with Gasteiger partial charge in [0.2, 0.25) is 5.88 Å². The van der Waals surface area contributed by atoms with Crippen LogP contribution in [-0.4, -0.2) is 45.1 Å². The van der Waals surface area contributed by atoms with E-state index in [0.717, 1.165) is 29.5 Å². The lowest BCUT2D eigenvalue weighted by Gasteiger charge is -2.37. The summed E-state index contributed by atoms with van der Waals surface area (Å²) in [5, 5.41) is 13.7. The molecular weight excluding hydrogens is 394 g/mol. The molecule has 1 aromatic heterocycles. The Balaban J connectivity index is 1.46. The van der Waals surface area contributed by atoms with E-state index in [0.29, 0.717) is 48.2 Å². The second-order valence-corrected chi connectivity index (χ2v) is 9.36. The summed E-state index contributed by atoms with van der Waals surface area (Å²) in [7, 11) is 0. The van der Waals surface area contributed by atoms with Gasteiger partial charge in [-0.05, 0) is 56.7 Å². The molecule has 0 spiro atoms. The molecule has 1 fully saturated rings. The van der Waals surface area contributed by atoms with Crippen LogP contribution < -0.4 is 10.1 Å². The second kappa shape index (κ2) is 7.05. The van der Waals surface area contributed by atoms with Crippen LogP contribution >= 0.6 is 0 Å². The van der Waals surface area contributed by atoms with Crippen molar-refractivity contribution >= 4 is 17.5 Å². The smallest absolute Gasteiger partial charge is 0.256 e. The number of fused-ring (bicyclic) bond motifs is 2. The molecule has 162 valence electrons. The number of ether oxygens (including phenoxy) is 1. The molecule has 2 amide bonds. The summed E-state index contributed by atoms with van der Waals surface area (Å²) in [5.41, 5.74) is 3.06. The van der Waals surface area contributed by atoms with E-state index in [9.17, 15) is 14.7 Å². The van der Waals surface area contributed by atoms with E-state index in [1.807, 2.05) is 19.1 Å². The third-order valence-electron chi connectivity index (χ3n) is 6.49. The number of rotatable bonds is 5. The Morgan fingerprint density at radius 3 is 2.84 bits per heavy atom. The minimum Gasteiger partial charge on any atom is -0.477 e. The van der Waals surface area contributed by atoms with Crippen LogP contribution in [0.5, 0.6) is 5.88 Å². The maximum atomic E-state index is 13.4. The number of aliphatic hydroxyl groups is 1. The van der Waals surface area contributed by atoms with Gasteiger partial charge in [0.05, 0.1) is 35.1 Å². The van der Waals surface area contributed by atoms with Crippen LogP contribution in [-0.2, 0) is 13.0 Å². The zero-order valence-electron chi connectivity index (χ0n) is 18.1. The molecule has 2 N–H and O–H groups in total. The topological polar surface area (TPSA) is 91.8 Å². The Labute approximate surface area is 181 Å². The summed E-state index contributed by atoms with van der Waals surface area (Å²) < 4.78 is 5.51. The fourth-order valence-electron chi connectivity index (χ4n) is 5.09. The van der Waals surface area contributed by atoms with Gasteiger partial charge >= 0.3 is 0 Å². The molecule has 0 radical (unpaired) electrons. The van der Waals surface area contributed by atoms with Crippen molar-refractivity contribution in [2.75, 3.05) is 11.9 Å². The molecule has 7 nitrogen and oxygen atoms in total. The van der Waals surface area contributed by atoms with Crippen molar-refractivity contribution in [1.82, 2.24) is 9.88 Å². The van der Waals surface area contributed by atoms with Gasteiger partial charge in [-0.15, -0.1) is 0 Å². The Hall–Kier alpha value is -2.93. The van der Waals surface area contributed by atoms with Crippen LogP contribution in [0.25, 0.3) is 0 Å². The third-order valence-corrected chi connectivity index (χ3v) is 6.49. The molecule has 1 saturated carbocycles. The molecule has 3 aliphatic rings. The third kappa shape index (κ3) is 3.37. The number of aryl methyl sites for hydroxylation is 1. The van der Waals surface area contributed by atoms with Crippen molar-refractivity contribution in [3.63, 3.8) is 0 Å². The van der Waals surface area contributed by atoms with Crippen LogP contribution in [0.2, 0.25) is 0 Å². The predicted octanol–water partition coefficient (Wildman–Crippen LogP) is 3.08. The minimum absolute atomic E-state index is 0.134. The number of hydrogen-bond acceptors (Lipinski definition) is 5. The van der Waals surface area contributed by atoms with Gasteiger partial charge in [0.15, 0.2) is 0 Å². The molecule has 2 aromatic rings. The fraction of sp³-hybridized carbons (Fsp3) is 0.458. The van der Waals surface area contributed by atoms with Crippen LogP contribution in [0.15, 0.2) is 24.4 Å². The van der Waals surface area contributed by atoms with E-state index in [2.05, 4.69) is 10.3 Å². The summed E-state index contributed by atoms with van der Waals surface area (Å²) in [6.07, 6.45) is 4.33. The molecule has 31 heavy (non-hydrogen) atoms. The molecule has 1 aromatic carbocycles. The number of anilines is 1. The van der Waals surface area contributed by atoms with Crippen LogP contribution in [0.1, 0.15) is 64.1 Å². The van der Waals surface area contributed by atoms with Crippen molar-refractivity contribution in [3.8, 4) is 5.88 Å². The highest BCUT2D eigenvalue weighted by Gasteiger charge is 2.48. The van der Waals surface area contributed by atoms with Crippen molar-refractivity contribution < 1.29 is 19.4 Å². The van der Waals surface area contributed by atoms with Gasteiger partial charge in [-0.1, -0.05) is 12.1 Å². The first-order chi connectivity index (χ1) is 14.8. The number of amides is 2. The first-order valence-corrected chi connectivity index (χ1v) is 10.8. The summed E-state index contributed by atoms with van der Waals surface area (Å²) in [5.74, 6) is 0.430. The van der Waals surface area contributed by atoms with Crippen molar-refractivity contribution in [2.45, 2.75) is 58.2 Å². The van der Waals surface area contributed by atoms with Gasteiger partial charge in [-0.25, -0.2) is 4.98 Å². The molecule has 0 bridgehead atoms. The van der Waals surface area contributed by atoms with Crippen molar-refractivity contribution in [2.24, 2.45) is 5.92 Å². The lowest BCUT2D eigenvalue weighted by Crippen LogP contribution is -2.51. The van der Waals surface area contributed by atoms with E-state index in [4.69, 9.17) is 4.74 Å². The van der Waals surface area contributed by atoms with Gasteiger partial charge in [-0.2, -0.15) is 0 Å². The summed E-state index contributed by atoms with van der Waals surface area (Å²) in [6.45, 7) is 6.35. The highest BCUT2D eigenvalue weighted by molar-refractivity contribution is 6.11. The maximum Gasteiger partial charge on any atom is 0.256 e. The van der Waals surface area contributed by atoms with Gasteiger partial charge in [0.1, 0.15) is 0 Å². The lowest BCUT2D eigenvalue weighted by atomic mass is 9.93. The maximum absolute atomic E-state index is 13.4. The largest absolute Gasteiger partial charge is 0.477 e. The molecule has 1 aliphatic carbocycles. The van der Waals surface area contributed by atoms with E-state index >= 15 is 0 Å². The Morgan fingerprint density at radius 2 is 2.13 bits per heavy atom. The summed E-state index contributed by atoms with van der Waals surface area (Å²) in [6, 6.07) is 5.30. The average Bonchev–Trinajstić information content (AvgIpc) is 3.30. The number of benzene rings is 1. The number of pyridine rings is 1. The number of aromatic nitrogens is 1. The number of nitrogens with zero attached hydrogens (tertiary/aromatic N) is 2. The Kier molecular flexibility index (Phi) is 4.55. The molecule has 7 heteroatoms. The van der Waals surface area contributed by atoms with Gasteiger partial charge < -0.3 is 20.1 Å². The minimum atomic E-state index is -0.989. The standard InChI is InChI=1S/C24H27N3O4/c1-13-11-25-22-16(9-10-31-22)18(13)21(28)26-17-6-4-5-15-12-27(23(29)19(15)17)20(14-7-8-14)24(2,3)30/h4-6,11,14,20,30H,7-10,12H2,1-3H3,(H,26,28)/t20-/m1/s1. The highest BCUT2D eigenvalue weighted by Crippen LogP contribution is 2.43. The monoisotopic (exact) mass is 421 g/mol. The quantitative estimate of drug-likeness (QED) is 0.774. The van der Waals surface area contributed by atoms with E-state index in [-0.39, 0.29) is 17.9 Å². The van der Waals surface area contributed by atoms with E-state index < -0.39 is 5.60 Å². The van der Waals surface area contributed by atoms with Crippen LogP contribution in [0.4, 0.5) is 5.69 Å². The van der Waals surface area contributed by atoms with Crippen LogP contribution in [0.3, 0.4) is 0 Å². The van der Waals surface area contributed by atoms with E-state index in [1.54, 1.807) is 31.0 Å². The summed E-state index contributed by atoms with van der Waals surface area (Å²) in [4.78, 5) is 32.7. The zero-order valence-corrected chi connectivity index (χ0v) is 18.1. The molecule has 2 aliphatic heterocycles. The second-order valence-electron chi connectivity index (χ2n) is 9.36. The number of carbonyl (C=O) groups excluding carboxylic acids is 2. The molecular formula is C24H27N3O4. The molecule has 5 rings (SSSR count). The normalized spacial score (nSPS) is 18.5. The molecule has 0 unspecified atom stereocenters. The van der Waals surface area contributed by atoms with Crippen molar-refractivity contribution in [3.05, 3.63) is 52.2 Å². The Morgan fingerprint density at radius 1 is 1.35 bits per heavy atom. The molecule has 1 atom stereocenters. The van der Waals surface area contributed by atoms with Gasteiger partial charge in [0, 0.05) is 24.7 Å². The SMILES string of the molecule is Cc1cnc2c(c1C(=O)Nc1cccc3c1C(=O)N([C@H](C1CC1)C(C)(C)O)C3)CCO2. The fourth-order valence-corrected chi connectivity index (χ4v) is 5.09. The molecule has 0 saturated heterocycles. The average molecular weight is 421 g/mol. The predicted molar refractivity (Wildman–Crippen MR) is 115 cm³/mol. The van der Waals surface area contributed by atoms with Crippen molar-refractivity contribution in [1.29, 1.82) is 0 Å². The highest BCUT2D eigenvalue weighted by atomic mass is 16.5. The lowest BCUT2D eigenvalue weighted by molar-refractivity contribution is -0.0224. The van der Waals surface area contributed by atoms with E-state index in [1.165, 1.54) is 0 Å². The van der Waals surface area contributed by atoms with Crippen LogP contribution in [0, 0.1) is 12.8 Å². The molecule has 3 heterocycles. The number of hydrogen-bond donors (Lipinski definition) is 2. The first kappa shape index (κ1) is 20.0. The summed E-state index contributed by atoms with van der Waals surface area (Å²) >= 11 is 0. The van der Waals surface area contributed by atoms with Gasteiger partial charge in [-0.3, -0.25) is 9.59 Å². The number of carbonyl (C=O) groups is 2. The first-order valence-electron chi connectivity index (χ1n) is 10.8. The Bertz CT molecular complexity index is 1080. The zero-order chi connectivity index (χ0) is 21.9. The number of nitrogens with one attached hydrogen (secondary N) is 1.